The van der Waals surface area contributed by atoms with Crippen molar-refractivity contribution in [2.75, 3.05) is 0 Å². The van der Waals surface area contributed by atoms with Gasteiger partial charge in [0, 0.05) is 24.0 Å². The van der Waals surface area contributed by atoms with Crippen LogP contribution in [0.25, 0.3) is 0 Å². The number of rotatable bonds is 5. The number of nitrogens with one attached hydrogen (secondary N) is 1. The van der Waals surface area contributed by atoms with Crippen LogP contribution in [0.1, 0.15) is 34.6 Å². The summed E-state index contributed by atoms with van der Waals surface area (Å²) in [4.78, 5) is 12.2. The molecule has 0 aliphatic rings. The molecule has 0 saturated heterocycles. The van der Waals surface area contributed by atoms with Crippen LogP contribution in [0.15, 0.2) is 18.5 Å². The first kappa shape index (κ1) is 14.7. The Kier molecular flexibility index (Phi) is 4.16. The largest absolute Gasteiger partial charge is 0.351 e. The van der Waals surface area contributed by atoms with Gasteiger partial charge in [-0.3, -0.25) is 9.48 Å². The van der Waals surface area contributed by atoms with Crippen LogP contribution in [0.2, 0.25) is 0 Å². The fourth-order valence-corrected chi connectivity index (χ4v) is 1.43. The van der Waals surface area contributed by atoms with Crippen LogP contribution in [-0.2, 0) is 11.3 Å². The molecule has 0 spiro atoms. The van der Waals surface area contributed by atoms with Gasteiger partial charge in [-0.1, -0.05) is 0 Å². The highest BCUT2D eigenvalue weighted by molar-refractivity contribution is 5.83. The molecule has 1 heterocycles. The van der Waals surface area contributed by atoms with E-state index in [2.05, 4.69) is 10.4 Å². The minimum Gasteiger partial charge on any atom is -0.351 e. The summed E-state index contributed by atoms with van der Waals surface area (Å²) in [6.45, 7) is 10.1. The van der Waals surface area contributed by atoms with Crippen molar-refractivity contribution in [2.24, 2.45) is 11.1 Å². The Balaban J connectivity index is 2.59. The summed E-state index contributed by atoms with van der Waals surface area (Å²) < 4.78 is 1.80. The molecular weight excluding hydrogens is 228 g/mol. The van der Waals surface area contributed by atoms with E-state index in [-0.39, 0.29) is 11.9 Å². The van der Waals surface area contributed by atoms with E-state index in [0.717, 1.165) is 0 Å². The maximum absolute atomic E-state index is 12.2. The van der Waals surface area contributed by atoms with Gasteiger partial charge in [0.25, 0.3) is 0 Å². The molecule has 0 aliphatic heterocycles. The molecule has 0 saturated carbocycles. The van der Waals surface area contributed by atoms with Crippen molar-refractivity contribution >= 4 is 5.91 Å². The van der Waals surface area contributed by atoms with Crippen molar-refractivity contribution < 1.29 is 4.79 Å². The second kappa shape index (κ2) is 5.10. The molecule has 18 heavy (non-hydrogen) atoms. The van der Waals surface area contributed by atoms with Crippen molar-refractivity contribution in [1.29, 1.82) is 0 Å². The van der Waals surface area contributed by atoms with Gasteiger partial charge in [0.1, 0.15) is 0 Å². The second-order valence-corrected chi connectivity index (χ2v) is 5.95. The Morgan fingerprint density at radius 1 is 1.44 bits per heavy atom. The van der Waals surface area contributed by atoms with Gasteiger partial charge in [0.05, 0.1) is 12.0 Å². The molecule has 1 atom stereocenters. The van der Waals surface area contributed by atoms with E-state index in [0.29, 0.717) is 6.54 Å². The van der Waals surface area contributed by atoms with E-state index < -0.39 is 11.0 Å². The summed E-state index contributed by atoms with van der Waals surface area (Å²) in [6.07, 6.45) is 3.60. The summed E-state index contributed by atoms with van der Waals surface area (Å²) in [5, 5.41) is 7.10. The van der Waals surface area contributed by atoms with Crippen molar-refractivity contribution in [3.05, 3.63) is 18.5 Å². The molecule has 3 N–H and O–H groups in total. The number of hydrogen-bond acceptors (Lipinski definition) is 3. The number of carbonyl (C=O) groups is 1. The Bertz CT molecular complexity index is 390. The third kappa shape index (κ3) is 3.32. The molecule has 0 bridgehead atoms. The highest BCUT2D eigenvalue weighted by Gasteiger charge is 2.40. The molecule has 1 aromatic heterocycles. The number of amides is 1. The van der Waals surface area contributed by atoms with Gasteiger partial charge in [0.2, 0.25) is 5.91 Å². The summed E-state index contributed by atoms with van der Waals surface area (Å²) in [5.41, 5.74) is 4.86. The lowest BCUT2D eigenvalue weighted by Crippen LogP contribution is -2.57. The minimum absolute atomic E-state index is 0.0130. The van der Waals surface area contributed by atoms with Crippen LogP contribution in [0.3, 0.4) is 0 Å². The zero-order chi connectivity index (χ0) is 14.0. The number of hydrogen-bond donors (Lipinski definition) is 2. The standard InChI is InChI=1S/C13H24N4O/c1-10(9-17-8-6-7-15-17)16-11(18)12(2,3)13(4,5)14/h6-8,10H,9,14H2,1-5H3,(H,16,18). The average molecular weight is 252 g/mol. The highest BCUT2D eigenvalue weighted by Crippen LogP contribution is 2.28. The van der Waals surface area contributed by atoms with E-state index in [4.69, 9.17) is 5.73 Å². The van der Waals surface area contributed by atoms with Crippen molar-refractivity contribution in [3.63, 3.8) is 0 Å². The SMILES string of the molecule is CC(Cn1cccn1)NC(=O)C(C)(C)C(C)(C)N. The Morgan fingerprint density at radius 3 is 2.50 bits per heavy atom. The third-order valence-corrected chi connectivity index (χ3v) is 3.58. The fourth-order valence-electron chi connectivity index (χ4n) is 1.43. The number of carbonyl (C=O) groups excluding carboxylic acids is 1. The molecule has 1 rings (SSSR count). The van der Waals surface area contributed by atoms with Gasteiger partial charge in [-0.15, -0.1) is 0 Å². The van der Waals surface area contributed by atoms with Crippen molar-refractivity contribution in [1.82, 2.24) is 15.1 Å². The first-order chi connectivity index (χ1) is 8.14. The molecule has 0 aromatic carbocycles. The molecule has 1 aromatic rings. The van der Waals surface area contributed by atoms with Crippen LogP contribution in [-0.4, -0.2) is 27.3 Å². The van der Waals surface area contributed by atoms with Gasteiger partial charge in [-0.05, 0) is 40.7 Å². The van der Waals surface area contributed by atoms with Gasteiger partial charge in [0.15, 0.2) is 0 Å². The third-order valence-electron chi connectivity index (χ3n) is 3.58. The van der Waals surface area contributed by atoms with Crippen molar-refractivity contribution in [2.45, 2.75) is 52.7 Å². The predicted molar refractivity (Wildman–Crippen MR) is 71.9 cm³/mol. The first-order valence-corrected chi connectivity index (χ1v) is 6.22. The monoisotopic (exact) mass is 252 g/mol. The lowest BCUT2D eigenvalue weighted by molar-refractivity contribution is -0.133. The van der Waals surface area contributed by atoms with Gasteiger partial charge in [-0.25, -0.2) is 0 Å². The highest BCUT2D eigenvalue weighted by atomic mass is 16.2. The topological polar surface area (TPSA) is 72.9 Å². The molecule has 0 fully saturated rings. The summed E-state index contributed by atoms with van der Waals surface area (Å²) in [5.74, 6) is -0.0327. The van der Waals surface area contributed by atoms with Crippen LogP contribution >= 0.6 is 0 Å². The first-order valence-electron chi connectivity index (χ1n) is 6.22. The van der Waals surface area contributed by atoms with Gasteiger partial charge < -0.3 is 11.1 Å². The fraction of sp³-hybridized carbons (Fsp3) is 0.692. The zero-order valence-corrected chi connectivity index (χ0v) is 11.9. The normalized spacial score (nSPS) is 14.3. The summed E-state index contributed by atoms with van der Waals surface area (Å²) in [7, 11) is 0. The number of aromatic nitrogens is 2. The van der Waals surface area contributed by atoms with E-state index in [9.17, 15) is 4.79 Å². The lowest BCUT2D eigenvalue weighted by atomic mass is 9.74. The Labute approximate surface area is 109 Å². The van der Waals surface area contributed by atoms with E-state index in [1.807, 2.05) is 46.9 Å². The molecule has 5 nitrogen and oxygen atoms in total. The van der Waals surface area contributed by atoms with Crippen LogP contribution < -0.4 is 11.1 Å². The molecule has 0 radical (unpaired) electrons. The maximum Gasteiger partial charge on any atom is 0.227 e. The Hall–Kier alpha value is -1.36. The smallest absolute Gasteiger partial charge is 0.227 e. The summed E-state index contributed by atoms with van der Waals surface area (Å²) >= 11 is 0. The van der Waals surface area contributed by atoms with Crippen molar-refractivity contribution in [3.8, 4) is 0 Å². The summed E-state index contributed by atoms with van der Waals surface area (Å²) in [6, 6.07) is 1.88. The average Bonchev–Trinajstić information content (AvgIpc) is 2.68. The quantitative estimate of drug-likeness (QED) is 0.825. The van der Waals surface area contributed by atoms with Gasteiger partial charge >= 0.3 is 0 Å². The molecule has 5 heteroatoms. The lowest BCUT2D eigenvalue weighted by Gasteiger charge is -2.37. The van der Waals surface area contributed by atoms with E-state index in [1.54, 1.807) is 10.9 Å². The van der Waals surface area contributed by atoms with E-state index >= 15 is 0 Å². The minimum atomic E-state index is -0.620. The van der Waals surface area contributed by atoms with Crippen LogP contribution in [0.4, 0.5) is 0 Å². The molecule has 102 valence electrons. The van der Waals surface area contributed by atoms with E-state index in [1.165, 1.54) is 0 Å². The Morgan fingerprint density at radius 2 is 2.06 bits per heavy atom. The maximum atomic E-state index is 12.2. The van der Waals surface area contributed by atoms with Crippen LogP contribution in [0, 0.1) is 5.41 Å². The van der Waals surface area contributed by atoms with Crippen LogP contribution in [0.5, 0.6) is 0 Å². The molecule has 0 aliphatic carbocycles. The number of nitrogens with two attached hydrogens (primary N) is 1. The molecule has 1 amide bonds. The zero-order valence-electron chi connectivity index (χ0n) is 11.9. The molecule has 1 unspecified atom stereocenters. The van der Waals surface area contributed by atoms with Gasteiger partial charge in [-0.2, -0.15) is 5.10 Å². The molecular formula is C13H24N4O. The number of nitrogens with zero attached hydrogens (tertiary/aromatic N) is 2. The predicted octanol–water partition coefficient (Wildman–Crippen LogP) is 1.15. The second-order valence-electron chi connectivity index (χ2n) is 5.95.